The Hall–Kier alpha value is -3.64. The molecule has 4 heterocycles. The van der Waals surface area contributed by atoms with Crippen LogP contribution >= 0.6 is 23.2 Å². The van der Waals surface area contributed by atoms with E-state index in [-0.39, 0.29) is 52.4 Å². The van der Waals surface area contributed by atoms with Gasteiger partial charge >= 0.3 is 0 Å². The lowest BCUT2D eigenvalue weighted by atomic mass is 9.81. The van der Waals surface area contributed by atoms with E-state index in [9.17, 15) is 13.6 Å². The van der Waals surface area contributed by atoms with E-state index in [4.69, 9.17) is 37.2 Å². The number of halogens is 4. The summed E-state index contributed by atoms with van der Waals surface area (Å²) in [6, 6.07) is 9.26. The maximum Gasteiger partial charge on any atom is 0.228 e. The summed E-state index contributed by atoms with van der Waals surface area (Å²) in [4.78, 5) is 25.1. The normalized spacial score (nSPS) is 17.9. The van der Waals surface area contributed by atoms with Crippen LogP contribution in [0.25, 0.3) is 11.3 Å². The molecule has 1 amide bonds. The summed E-state index contributed by atoms with van der Waals surface area (Å²) in [5.41, 5.74) is 2.67. The van der Waals surface area contributed by atoms with Crippen LogP contribution in [0.3, 0.4) is 0 Å². The second kappa shape index (κ2) is 15.1. The highest BCUT2D eigenvalue weighted by Crippen LogP contribution is 2.37. The van der Waals surface area contributed by atoms with E-state index >= 15 is 0 Å². The van der Waals surface area contributed by atoms with Gasteiger partial charge in [-0.3, -0.25) is 9.78 Å². The van der Waals surface area contributed by atoms with Gasteiger partial charge in [-0.05, 0) is 73.9 Å². The second-order valence-electron chi connectivity index (χ2n) is 11.9. The number of pyridine rings is 2. The molecule has 2 atom stereocenters. The molecule has 248 valence electrons. The van der Waals surface area contributed by atoms with Crippen molar-refractivity contribution < 1.29 is 27.6 Å². The van der Waals surface area contributed by atoms with Gasteiger partial charge in [0.05, 0.1) is 21.5 Å². The largest absolute Gasteiger partial charge is 0.469 e. The van der Waals surface area contributed by atoms with Crippen molar-refractivity contribution in [3.63, 3.8) is 0 Å². The average Bonchev–Trinajstić information content (AvgIpc) is 3.83. The molecule has 2 fully saturated rings. The molecule has 1 aromatic carbocycles. The fourth-order valence-electron chi connectivity index (χ4n) is 5.97. The first kappa shape index (κ1) is 33.3. The number of nitrogens with zero attached hydrogens (tertiary/aromatic N) is 4. The summed E-state index contributed by atoms with van der Waals surface area (Å²) < 4.78 is 44.4. The van der Waals surface area contributed by atoms with Crippen LogP contribution in [0.2, 0.25) is 10.0 Å². The lowest BCUT2D eigenvalue weighted by Gasteiger charge is -2.35. The summed E-state index contributed by atoms with van der Waals surface area (Å²) >= 11 is 12.5. The van der Waals surface area contributed by atoms with E-state index in [0.717, 1.165) is 67.6 Å². The van der Waals surface area contributed by atoms with Gasteiger partial charge in [0.15, 0.2) is 12.4 Å². The summed E-state index contributed by atoms with van der Waals surface area (Å²) in [5.74, 6) is -1.03. The molecule has 9 nitrogen and oxygen atoms in total. The Balaban J connectivity index is 1.11. The van der Waals surface area contributed by atoms with Gasteiger partial charge in [0.1, 0.15) is 17.3 Å². The van der Waals surface area contributed by atoms with Crippen LogP contribution < -0.4 is 10.1 Å². The summed E-state index contributed by atoms with van der Waals surface area (Å²) in [5, 5.41) is 7.41. The summed E-state index contributed by atoms with van der Waals surface area (Å²) in [6.45, 7) is 2.42. The van der Waals surface area contributed by atoms with Crippen LogP contribution in [-0.2, 0) is 29.1 Å². The number of aryl methyl sites for hydroxylation is 1. The van der Waals surface area contributed by atoms with E-state index in [1.165, 1.54) is 6.07 Å². The summed E-state index contributed by atoms with van der Waals surface area (Å²) in [7, 11) is 1.68. The van der Waals surface area contributed by atoms with Crippen LogP contribution in [0, 0.1) is 17.6 Å². The van der Waals surface area contributed by atoms with Gasteiger partial charge in [0.2, 0.25) is 11.8 Å². The van der Waals surface area contributed by atoms with Gasteiger partial charge in [-0.2, -0.15) is 0 Å². The first-order valence-corrected chi connectivity index (χ1v) is 16.4. The highest BCUT2D eigenvalue weighted by atomic mass is 35.5. The third kappa shape index (κ3) is 7.92. The van der Waals surface area contributed by atoms with Crippen molar-refractivity contribution in [1.82, 2.24) is 25.3 Å². The number of amides is 1. The van der Waals surface area contributed by atoms with Crippen molar-refractivity contribution in [3.8, 4) is 17.1 Å². The van der Waals surface area contributed by atoms with Gasteiger partial charge in [-0.25, -0.2) is 13.8 Å². The number of rotatable bonds is 13. The van der Waals surface area contributed by atoms with Crippen molar-refractivity contribution in [1.29, 1.82) is 0 Å². The first-order chi connectivity index (χ1) is 22.8. The number of methoxy groups -OCH3 is 1. The molecule has 3 aromatic heterocycles. The highest BCUT2D eigenvalue weighted by Gasteiger charge is 2.40. The Bertz CT molecular complexity index is 1700. The highest BCUT2D eigenvalue weighted by molar-refractivity contribution is 6.33. The topological polar surface area (TPSA) is 103 Å². The third-order valence-electron chi connectivity index (χ3n) is 8.59. The number of aromatic nitrogens is 3. The van der Waals surface area contributed by atoms with E-state index in [1.807, 2.05) is 17.0 Å². The molecule has 6 rings (SSSR count). The fourth-order valence-corrected chi connectivity index (χ4v) is 6.39. The van der Waals surface area contributed by atoms with E-state index in [2.05, 4.69) is 20.4 Å². The van der Waals surface area contributed by atoms with Crippen LogP contribution in [0.15, 0.2) is 53.3 Å². The first-order valence-electron chi connectivity index (χ1n) is 15.6. The number of benzene rings is 1. The zero-order chi connectivity index (χ0) is 32.9. The molecule has 13 heteroatoms. The maximum atomic E-state index is 14.3. The number of hydrogen-bond acceptors (Lipinski definition) is 8. The molecular formula is C34H35Cl2F2N5O4. The smallest absolute Gasteiger partial charge is 0.228 e. The lowest BCUT2D eigenvalue weighted by molar-refractivity contribution is -0.138. The minimum Gasteiger partial charge on any atom is -0.469 e. The van der Waals surface area contributed by atoms with Crippen LogP contribution in [0.1, 0.15) is 54.2 Å². The van der Waals surface area contributed by atoms with Gasteiger partial charge in [0.25, 0.3) is 0 Å². The Kier molecular flexibility index (Phi) is 10.7. The van der Waals surface area contributed by atoms with Crippen LogP contribution in [-0.4, -0.2) is 58.8 Å². The minimum atomic E-state index is -0.757. The SMILES string of the molecule is COCCCc1cc(CN(C(=O)[C@H]2CNCC[C@@H]2c2ccc(OCc3cc(-c4c(F)ccc(F)c4Cl)no3)nc2)C2CC2)c(Cl)cn1. The van der Waals surface area contributed by atoms with Crippen molar-refractivity contribution in [2.75, 3.05) is 26.8 Å². The Labute approximate surface area is 281 Å². The van der Waals surface area contributed by atoms with Crippen molar-refractivity contribution in [3.05, 3.63) is 93.1 Å². The quantitative estimate of drug-likeness (QED) is 0.122. The molecule has 1 aliphatic carbocycles. The van der Waals surface area contributed by atoms with Crippen molar-refractivity contribution in [2.24, 2.45) is 5.92 Å². The predicted molar refractivity (Wildman–Crippen MR) is 172 cm³/mol. The number of carbonyl (C=O) groups excluding carboxylic acids is 1. The van der Waals surface area contributed by atoms with E-state index < -0.39 is 11.6 Å². The standard InChI is InChI=1S/C34H35Cl2F2N5O4/c1-45-12-2-3-22-13-21(27(35)17-40-22)18-43(23-5-6-23)34(44)26-16-39-11-10-25(26)20-4-9-31(41-15-20)46-19-24-14-30(42-47-24)32-28(37)7-8-29(38)33(32)36/h4,7-9,13-15,17,23,25-26,39H,2-3,5-6,10-12,16,18-19H2,1H3/t25-,26+/m1/s1. The third-order valence-corrected chi connectivity index (χ3v) is 9.30. The van der Waals surface area contributed by atoms with Gasteiger partial charge in [-0.1, -0.05) is 34.4 Å². The summed E-state index contributed by atoms with van der Waals surface area (Å²) in [6.07, 6.45) is 7.80. The molecule has 4 aromatic rings. The maximum absolute atomic E-state index is 14.3. The van der Waals surface area contributed by atoms with Gasteiger partial charge in [-0.15, -0.1) is 0 Å². The average molecular weight is 687 g/mol. The van der Waals surface area contributed by atoms with E-state index in [0.29, 0.717) is 30.6 Å². The molecule has 0 spiro atoms. The predicted octanol–water partition coefficient (Wildman–Crippen LogP) is 6.76. The monoisotopic (exact) mass is 685 g/mol. The van der Waals surface area contributed by atoms with Gasteiger partial charge < -0.3 is 24.2 Å². The number of piperidine rings is 1. The molecular weight excluding hydrogens is 651 g/mol. The molecule has 1 aliphatic heterocycles. The Morgan fingerprint density at radius 2 is 1.91 bits per heavy atom. The number of hydrogen-bond donors (Lipinski definition) is 1. The second-order valence-corrected chi connectivity index (χ2v) is 12.7. The molecule has 0 unspecified atom stereocenters. The Morgan fingerprint density at radius 1 is 1.09 bits per heavy atom. The molecule has 47 heavy (non-hydrogen) atoms. The minimum absolute atomic E-state index is 0.0215. The molecule has 1 saturated heterocycles. The molecule has 2 aliphatic rings. The van der Waals surface area contributed by atoms with Crippen LogP contribution in [0.5, 0.6) is 5.88 Å². The molecule has 1 N–H and O–H groups in total. The van der Waals surface area contributed by atoms with Crippen LogP contribution in [0.4, 0.5) is 8.78 Å². The number of nitrogens with one attached hydrogen (secondary N) is 1. The Morgan fingerprint density at radius 3 is 2.68 bits per heavy atom. The van der Waals surface area contributed by atoms with E-state index in [1.54, 1.807) is 25.6 Å². The number of ether oxygens (including phenoxy) is 2. The van der Waals surface area contributed by atoms with Gasteiger partial charge in [0, 0.05) is 63.1 Å². The molecule has 0 radical (unpaired) electrons. The zero-order valence-electron chi connectivity index (χ0n) is 25.9. The fraction of sp³-hybridized carbons (Fsp3) is 0.412. The van der Waals surface area contributed by atoms with Crippen molar-refractivity contribution in [2.45, 2.75) is 57.2 Å². The zero-order valence-corrected chi connectivity index (χ0v) is 27.4. The lowest BCUT2D eigenvalue weighted by Crippen LogP contribution is -2.47. The molecule has 1 saturated carbocycles. The number of carbonyl (C=O) groups is 1. The molecule has 0 bridgehead atoms. The van der Waals surface area contributed by atoms with Crippen molar-refractivity contribution >= 4 is 29.1 Å².